The van der Waals surface area contributed by atoms with Crippen LogP contribution in [-0.2, 0) is 14.9 Å². The molecule has 0 saturated heterocycles. The van der Waals surface area contributed by atoms with Crippen molar-refractivity contribution in [3.63, 3.8) is 0 Å². The molecular weight excluding hydrogens is 354 g/mol. The van der Waals surface area contributed by atoms with Gasteiger partial charge in [-0.25, -0.2) is 0 Å². The highest BCUT2D eigenvalue weighted by Gasteiger charge is 2.42. The number of nitrogens with zero attached hydrogens (tertiary/aromatic N) is 1. The van der Waals surface area contributed by atoms with Gasteiger partial charge in [0, 0.05) is 23.7 Å². The van der Waals surface area contributed by atoms with E-state index in [0.29, 0.717) is 19.0 Å². The molecule has 3 rings (SSSR count). The van der Waals surface area contributed by atoms with Crippen LogP contribution in [0, 0.1) is 0 Å². The molecule has 0 bridgehead atoms. The van der Waals surface area contributed by atoms with Crippen molar-refractivity contribution in [1.82, 2.24) is 0 Å². The molecule has 1 aliphatic heterocycles. The highest BCUT2D eigenvalue weighted by atomic mass is 79.9. The average Bonchev–Trinajstić information content (AvgIpc) is 2.72. The Bertz CT molecular complexity index is 726. The van der Waals surface area contributed by atoms with Crippen LogP contribution in [0.1, 0.15) is 32.8 Å². The Kier molecular flexibility index (Phi) is 5.04. The van der Waals surface area contributed by atoms with Gasteiger partial charge in [0.15, 0.2) is 0 Å². The lowest BCUT2D eigenvalue weighted by atomic mass is 9.79. The van der Waals surface area contributed by atoms with Gasteiger partial charge in [-0.3, -0.25) is 4.79 Å². The third kappa shape index (κ3) is 2.85. The van der Waals surface area contributed by atoms with Crippen LogP contribution in [0.5, 0.6) is 0 Å². The van der Waals surface area contributed by atoms with Crippen LogP contribution in [0.4, 0.5) is 5.69 Å². The second-order valence-corrected chi connectivity index (χ2v) is 6.60. The fraction of sp³-hybridized carbons (Fsp3) is 0.421. The number of anilines is 1. The number of hydrogen-bond acceptors (Lipinski definition) is 3. The molecule has 23 heavy (non-hydrogen) atoms. The van der Waals surface area contributed by atoms with Crippen molar-refractivity contribution in [2.45, 2.75) is 38.6 Å². The van der Waals surface area contributed by atoms with Crippen molar-refractivity contribution < 1.29 is 9.53 Å². The van der Waals surface area contributed by atoms with Crippen molar-refractivity contribution in [1.29, 1.82) is 0 Å². The summed E-state index contributed by atoms with van der Waals surface area (Å²) in [6.45, 7) is 7.52. The van der Waals surface area contributed by atoms with Crippen molar-refractivity contribution in [2.75, 3.05) is 18.6 Å². The number of fused-ring (bicyclic) bond motifs is 3. The van der Waals surface area contributed by atoms with Gasteiger partial charge in [-0.15, -0.1) is 17.0 Å². The molecule has 1 aliphatic rings. The molecule has 2 aromatic carbocycles. The third-order valence-corrected chi connectivity index (χ3v) is 5.16. The topological polar surface area (TPSA) is 29.5 Å². The Morgan fingerprint density at radius 2 is 1.91 bits per heavy atom. The van der Waals surface area contributed by atoms with Gasteiger partial charge in [0.1, 0.15) is 0 Å². The Balaban J connectivity index is 0.00000192. The highest BCUT2D eigenvalue weighted by Crippen LogP contribution is 2.48. The van der Waals surface area contributed by atoms with E-state index >= 15 is 0 Å². The second kappa shape index (κ2) is 6.52. The summed E-state index contributed by atoms with van der Waals surface area (Å²) in [6.07, 6.45) is 0.420. The minimum Gasteiger partial charge on any atom is -0.469 e. The summed E-state index contributed by atoms with van der Waals surface area (Å²) in [6, 6.07) is 13.3. The molecule has 0 N–H and O–H groups in total. The first-order valence-electron chi connectivity index (χ1n) is 7.82. The highest BCUT2D eigenvalue weighted by molar-refractivity contribution is 8.93. The minimum absolute atomic E-state index is 0. The van der Waals surface area contributed by atoms with Crippen LogP contribution < -0.4 is 4.90 Å². The number of ether oxygens (including phenoxy) is 1. The number of benzene rings is 2. The summed E-state index contributed by atoms with van der Waals surface area (Å²) in [4.78, 5) is 13.9. The number of hydrogen-bond donors (Lipinski definition) is 0. The molecule has 0 saturated carbocycles. The maximum atomic E-state index is 11.5. The smallest absolute Gasteiger partial charge is 0.307 e. The van der Waals surface area contributed by atoms with Gasteiger partial charge < -0.3 is 9.64 Å². The Labute approximate surface area is 148 Å². The third-order valence-electron chi connectivity index (χ3n) is 5.16. The maximum Gasteiger partial charge on any atom is 0.307 e. The van der Waals surface area contributed by atoms with Gasteiger partial charge >= 0.3 is 5.97 Å². The van der Waals surface area contributed by atoms with Gasteiger partial charge in [-0.2, -0.15) is 0 Å². The molecule has 3 nitrogen and oxygen atoms in total. The zero-order chi connectivity index (χ0) is 15.9. The molecule has 0 fully saturated rings. The summed E-state index contributed by atoms with van der Waals surface area (Å²) in [5.74, 6) is -0.153. The van der Waals surface area contributed by atoms with Crippen LogP contribution in [0.3, 0.4) is 0 Å². The predicted octanol–water partition coefficient (Wildman–Crippen LogP) is 4.47. The Hall–Kier alpha value is -1.55. The number of carbonyl (C=O) groups is 1. The van der Waals surface area contributed by atoms with E-state index in [1.54, 1.807) is 0 Å². The summed E-state index contributed by atoms with van der Waals surface area (Å²) in [5.41, 5.74) is 2.69. The van der Waals surface area contributed by atoms with Gasteiger partial charge in [0.25, 0.3) is 0 Å². The first-order chi connectivity index (χ1) is 10.5. The standard InChI is InChI=1S/C19H23NO2.BrH/c1-13-19(2,3)18-15-8-6-5-7-14(15)9-10-16(18)20(13)12-11-17(21)22-4;/h5-10,13H,11-12H2,1-4H3;1H. The summed E-state index contributed by atoms with van der Waals surface area (Å²) in [5, 5.41) is 2.59. The minimum atomic E-state index is -0.153. The Morgan fingerprint density at radius 1 is 1.22 bits per heavy atom. The maximum absolute atomic E-state index is 11.5. The molecule has 1 unspecified atom stereocenters. The zero-order valence-corrected chi connectivity index (χ0v) is 15.8. The molecule has 0 amide bonds. The van der Waals surface area contributed by atoms with Crippen LogP contribution in [0.15, 0.2) is 36.4 Å². The van der Waals surface area contributed by atoms with E-state index in [1.807, 2.05) is 0 Å². The van der Waals surface area contributed by atoms with E-state index in [0.717, 1.165) is 0 Å². The van der Waals surface area contributed by atoms with Gasteiger partial charge in [0.2, 0.25) is 0 Å². The number of methoxy groups -OCH3 is 1. The first kappa shape index (κ1) is 17.8. The predicted molar refractivity (Wildman–Crippen MR) is 101 cm³/mol. The number of carbonyl (C=O) groups excluding carboxylic acids is 1. The van der Waals surface area contributed by atoms with E-state index in [-0.39, 0.29) is 28.4 Å². The van der Waals surface area contributed by atoms with E-state index in [2.05, 4.69) is 62.1 Å². The molecular formula is C19H24BrNO2. The van der Waals surface area contributed by atoms with Gasteiger partial charge in [-0.1, -0.05) is 44.2 Å². The first-order valence-corrected chi connectivity index (χ1v) is 7.82. The fourth-order valence-electron chi connectivity index (χ4n) is 3.61. The lowest BCUT2D eigenvalue weighted by Gasteiger charge is -2.31. The monoisotopic (exact) mass is 377 g/mol. The summed E-state index contributed by atoms with van der Waals surface area (Å²) < 4.78 is 4.79. The fourth-order valence-corrected chi connectivity index (χ4v) is 3.61. The van der Waals surface area contributed by atoms with Gasteiger partial charge in [0.05, 0.1) is 13.5 Å². The van der Waals surface area contributed by atoms with Crippen molar-refractivity contribution >= 4 is 39.4 Å². The van der Waals surface area contributed by atoms with Crippen molar-refractivity contribution in [2.24, 2.45) is 0 Å². The summed E-state index contributed by atoms with van der Waals surface area (Å²) >= 11 is 0. The average molecular weight is 378 g/mol. The van der Waals surface area contributed by atoms with Crippen LogP contribution >= 0.6 is 17.0 Å². The summed E-state index contributed by atoms with van der Waals surface area (Å²) in [7, 11) is 1.45. The number of rotatable bonds is 3. The lowest BCUT2D eigenvalue weighted by Crippen LogP contribution is -2.40. The lowest BCUT2D eigenvalue weighted by molar-refractivity contribution is -0.140. The molecule has 1 atom stereocenters. The SMILES string of the molecule is Br.COC(=O)CCN1c2ccc3ccccc3c2C(C)(C)C1C. The van der Waals surface area contributed by atoms with E-state index in [1.165, 1.54) is 29.1 Å². The van der Waals surface area contributed by atoms with Crippen LogP contribution in [0.25, 0.3) is 10.8 Å². The quantitative estimate of drug-likeness (QED) is 0.739. The van der Waals surface area contributed by atoms with E-state index < -0.39 is 0 Å². The van der Waals surface area contributed by atoms with Crippen LogP contribution in [-0.4, -0.2) is 25.7 Å². The molecule has 124 valence electrons. The number of halogens is 1. The Morgan fingerprint density at radius 3 is 2.61 bits per heavy atom. The van der Waals surface area contributed by atoms with Gasteiger partial charge in [-0.05, 0) is 29.3 Å². The zero-order valence-electron chi connectivity index (χ0n) is 14.1. The van der Waals surface area contributed by atoms with Crippen molar-refractivity contribution in [3.05, 3.63) is 42.0 Å². The number of esters is 1. The molecule has 0 aromatic heterocycles. The van der Waals surface area contributed by atoms with Crippen LogP contribution in [0.2, 0.25) is 0 Å². The molecule has 4 heteroatoms. The molecule has 1 heterocycles. The molecule has 0 aliphatic carbocycles. The second-order valence-electron chi connectivity index (χ2n) is 6.60. The largest absolute Gasteiger partial charge is 0.469 e. The molecule has 0 radical (unpaired) electrons. The van der Waals surface area contributed by atoms with E-state index in [9.17, 15) is 4.79 Å². The molecule has 2 aromatic rings. The normalized spacial score (nSPS) is 18.4. The van der Waals surface area contributed by atoms with E-state index in [4.69, 9.17) is 4.74 Å². The van der Waals surface area contributed by atoms with Crippen molar-refractivity contribution in [3.8, 4) is 0 Å². The molecule has 0 spiro atoms.